The van der Waals surface area contributed by atoms with Crippen LogP contribution in [0.2, 0.25) is 0 Å². The Bertz CT molecular complexity index is 941. The Balaban J connectivity index is 1.99. The van der Waals surface area contributed by atoms with E-state index in [4.69, 9.17) is 18.9 Å². The summed E-state index contributed by atoms with van der Waals surface area (Å²) in [7, 11) is 0. The van der Waals surface area contributed by atoms with Gasteiger partial charge in [-0.05, 0) is 37.1 Å². The SMILES string of the molecule is CCCCCCCCCCCCCCCC(=O)OCCOC(=O)c1ccc(C(=O)OCCOC(=O)CCCCCCCCCCCCCCC)cc1. The molecule has 0 bridgehead atoms. The molecule has 0 unspecified atom stereocenters. The van der Waals surface area contributed by atoms with E-state index in [-0.39, 0.29) is 49.5 Å². The minimum absolute atomic E-state index is 0.0113. The van der Waals surface area contributed by atoms with Crippen molar-refractivity contribution < 1.29 is 38.1 Å². The molecule has 0 N–H and O–H groups in total. The van der Waals surface area contributed by atoms with Crippen molar-refractivity contribution >= 4 is 23.9 Å². The molecule has 52 heavy (non-hydrogen) atoms. The molecule has 298 valence electrons. The van der Waals surface area contributed by atoms with E-state index in [9.17, 15) is 19.2 Å². The first-order chi connectivity index (χ1) is 25.5. The summed E-state index contributed by atoms with van der Waals surface area (Å²) >= 11 is 0. The highest BCUT2D eigenvalue weighted by Crippen LogP contribution is 2.15. The van der Waals surface area contributed by atoms with Crippen LogP contribution in [0.1, 0.15) is 214 Å². The molecule has 0 aliphatic carbocycles. The number of esters is 4. The van der Waals surface area contributed by atoms with Crippen LogP contribution in [0.15, 0.2) is 24.3 Å². The van der Waals surface area contributed by atoms with Crippen molar-refractivity contribution in [1.82, 2.24) is 0 Å². The molecule has 0 heterocycles. The van der Waals surface area contributed by atoms with Crippen molar-refractivity contribution in [2.45, 2.75) is 194 Å². The molecule has 0 amide bonds. The molecule has 1 rings (SSSR count). The highest BCUT2D eigenvalue weighted by Gasteiger charge is 2.12. The van der Waals surface area contributed by atoms with E-state index in [1.165, 1.54) is 153 Å². The molecule has 0 saturated carbocycles. The minimum Gasteiger partial charge on any atom is -0.462 e. The third kappa shape index (κ3) is 28.7. The standard InChI is InChI=1S/C44H74O8/c1-3-5-7-9-11-13-15-17-19-21-23-25-27-29-41(45)49-35-37-51-43(47)39-31-33-40(34-32-39)44(48)52-38-36-50-42(46)30-28-26-24-22-20-18-16-14-12-10-8-6-4-2/h31-34H,3-30,35-38H2,1-2H3. The number of benzene rings is 1. The first-order valence-corrected chi connectivity index (χ1v) is 21.2. The molecule has 0 aromatic heterocycles. The Kier molecular flexibility index (Phi) is 31.8. The number of carbonyl (C=O) groups is 4. The lowest BCUT2D eigenvalue weighted by Crippen LogP contribution is -2.15. The third-order valence-corrected chi connectivity index (χ3v) is 9.48. The largest absolute Gasteiger partial charge is 0.462 e. The van der Waals surface area contributed by atoms with Gasteiger partial charge < -0.3 is 18.9 Å². The van der Waals surface area contributed by atoms with Crippen LogP contribution < -0.4 is 0 Å². The summed E-state index contributed by atoms with van der Waals surface area (Å²) < 4.78 is 20.8. The summed E-state index contributed by atoms with van der Waals surface area (Å²) in [5.74, 6) is -1.68. The Morgan fingerprint density at radius 2 is 0.577 bits per heavy atom. The number of unbranched alkanes of at least 4 members (excludes halogenated alkanes) is 24. The lowest BCUT2D eigenvalue weighted by atomic mass is 10.0. The molecular formula is C44H74O8. The Labute approximate surface area is 316 Å². The normalized spacial score (nSPS) is 11.0. The van der Waals surface area contributed by atoms with Crippen molar-refractivity contribution in [2.75, 3.05) is 26.4 Å². The quantitative estimate of drug-likeness (QED) is 0.0382. The molecule has 1 aromatic carbocycles. The third-order valence-electron chi connectivity index (χ3n) is 9.48. The van der Waals surface area contributed by atoms with Gasteiger partial charge in [-0.15, -0.1) is 0 Å². The van der Waals surface area contributed by atoms with E-state index in [0.29, 0.717) is 12.8 Å². The number of ether oxygens (including phenoxy) is 4. The molecule has 0 radical (unpaired) electrons. The van der Waals surface area contributed by atoms with Crippen LogP contribution in [0.5, 0.6) is 0 Å². The van der Waals surface area contributed by atoms with Crippen molar-refractivity contribution in [3.8, 4) is 0 Å². The average molecular weight is 731 g/mol. The second kappa shape index (κ2) is 35.1. The zero-order valence-corrected chi connectivity index (χ0v) is 33.2. The van der Waals surface area contributed by atoms with Gasteiger partial charge >= 0.3 is 23.9 Å². The summed E-state index contributed by atoms with van der Waals surface area (Å²) in [4.78, 5) is 48.6. The van der Waals surface area contributed by atoms with Gasteiger partial charge in [-0.1, -0.05) is 168 Å². The van der Waals surface area contributed by atoms with Gasteiger partial charge in [0.15, 0.2) is 0 Å². The molecule has 8 nitrogen and oxygen atoms in total. The fourth-order valence-electron chi connectivity index (χ4n) is 6.21. The molecule has 8 heteroatoms. The maximum absolute atomic E-state index is 12.3. The van der Waals surface area contributed by atoms with E-state index >= 15 is 0 Å². The second-order valence-electron chi connectivity index (χ2n) is 14.3. The first-order valence-electron chi connectivity index (χ1n) is 21.2. The Morgan fingerprint density at radius 3 is 0.846 bits per heavy atom. The molecule has 0 spiro atoms. The van der Waals surface area contributed by atoms with Gasteiger partial charge in [0.2, 0.25) is 0 Å². The number of carbonyl (C=O) groups excluding carboxylic acids is 4. The molecule has 1 aromatic rings. The number of hydrogen-bond acceptors (Lipinski definition) is 8. The Morgan fingerprint density at radius 1 is 0.346 bits per heavy atom. The fourth-order valence-corrected chi connectivity index (χ4v) is 6.21. The van der Waals surface area contributed by atoms with E-state index < -0.39 is 11.9 Å². The molecule has 0 fully saturated rings. The van der Waals surface area contributed by atoms with Crippen molar-refractivity contribution in [3.05, 3.63) is 35.4 Å². The predicted octanol–water partition coefficient (Wildman–Crippen LogP) is 12.0. The summed E-state index contributed by atoms with van der Waals surface area (Å²) in [6.07, 6.45) is 33.3. The molecule has 0 aliphatic heterocycles. The first kappa shape index (κ1) is 47.1. The minimum atomic E-state index is -0.567. The second-order valence-corrected chi connectivity index (χ2v) is 14.3. The number of hydrogen-bond donors (Lipinski definition) is 0. The van der Waals surface area contributed by atoms with Gasteiger partial charge in [-0.25, -0.2) is 9.59 Å². The van der Waals surface area contributed by atoms with E-state index in [1.54, 1.807) is 0 Å². The van der Waals surface area contributed by atoms with Crippen LogP contribution >= 0.6 is 0 Å². The lowest BCUT2D eigenvalue weighted by molar-refractivity contribution is -0.145. The van der Waals surface area contributed by atoms with Crippen molar-refractivity contribution in [3.63, 3.8) is 0 Å². The maximum Gasteiger partial charge on any atom is 0.338 e. The monoisotopic (exact) mass is 731 g/mol. The van der Waals surface area contributed by atoms with Gasteiger partial charge in [0, 0.05) is 12.8 Å². The highest BCUT2D eigenvalue weighted by atomic mass is 16.6. The van der Waals surface area contributed by atoms with Gasteiger partial charge in [0.05, 0.1) is 11.1 Å². The van der Waals surface area contributed by atoms with Crippen molar-refractivity contribution in [1.29, 1.82) is 0 Å². The van der Waals surface area contributed by atoms with Crippen LogP contribution in [0.25, 0.3) is 0 Å². The zero-order valence-electron chi connectivity index (χ0n) is 33.2. The van der Waals surface area contributed by atoms with Gasteiger partial charge in [0.1, 0.15) is 26.4 Å². The van der Waals surface area contributed by atoms with Crippen LogP contribution in [0.4, 0.5) is 0 Å². The summed E-state index contributed by atoms with van der Waals surface area (Å²) in [5.41, 5.74) is 0.550. The lowest BCUT2D eigenvalue weighted by Gasteiger charge is -2.08. The van der Waals surface area contributed by atoms with E-state index in [0.717, 1.165) is 38.5 Å². The molecule has 0 aliphatic rings. The topological polar surface area (TPSA) is 105 Å². The summed E-state index contributed by atoms with van der Waals surface area (Å²) in [6, 6.07) is 5.93. The molecular weight excluding hydrogens is 656 g/mol. The van der Waals surface area contributed by atoms with Crippen LogP contribution in [-0.2, 0) is 28.5 Å². The van der Waals surface area contributed by atoms with E-state index in [1.807, 2.05) is 0 Å². The van der Waals surface area contributed by atoms with Crippen LogP contribution in [-0.4, -0.2) is 50.3 Å². The molecule has 0 atom stereocenters. The van der Waals surface area contributed by atoms with Crippen LogP contribution in [0.3, 0.4) is 0 Å². The molecule has 0 saturated heterocycles. The van der Waals surface area contributed by atoms with Gasteiger partial charge in [0.25, 0.3) is 0 Å². The average Bonchev–Trinajstić information content (AvgIpc) is 3.15. The predicted molar refractivity (Wildman–Crippen MR) is 210 cm³/mol. The van der Waals surface area contributed by atoms with Gasteiger partial charge in [-0.2, -0.15) is 0 Å². The highest BCUT2D eigenvalue weighted by molar-refractivity contribution is 5.93. The smallest absolute Gasteiger partial charge is 0.338 e. The Hall–Kier alpha value is -2.90. The van der Waals surface area contributed by atoms with Gasteiger partial charge in [-0.3, -0.25) is 9.59 Å². The summed E-state index contributed by atoms with van der Waals surface area (Å²) in [6.45, 7) is 4.45. The summed E-state index contributed by atoms with van der Waals surface area (Å²) in [5, 5.41) is 0. The van der Waals surface area contributed by atoms with E-state index in [2.05, 4.69) is 13.8 Å². The van der Waals surface area contributed by atoms with Crippen LogP contribution in [0, 0.1) is 0 Å². The fraction of sp³-hybridized carbons (Fsp3) is 0.773. The maximum atomic E-state index is 12.3. The zero-order chi connectivity index (χ0) is 37.7. The number of rotatable bonds is 36. The van der Waals surface area contributed by atoms with Crippen molar-refractivity contribution in [2.24, 2.45) is 0 Å².